The topological polar surface area (TPSA) is 104 Å². The van der Waals surface area contributed by atoms with Crippen molar-refractivity contribution in [2.45, 2.75) is 18.6 Å². The molecule has 1 aromatic rings. The van der Waals surface area contributed by atoms with Crippen LogP contribution in [0.15, 0.2) is 18.2 Å². The Morgan fingerprint density at radius 3 is 2.53 bits per heavy atom. The quantitative estimate of drug-likeness (QED) is 0.653. The lowest BCUT2D eigenvalue weighted by atomic mass is 9.96. The number of rotatable bonds is 5. The first kappa shape index (κ1) is 15.1. The van der Waals surface area contributed by atoms with E-state index in [1.54, 1.807) is 0 Å². The van der Waals surface area contributed by atoms with Crippen LogP contribution in [0, 0.1) is 5.82 Å². The molecule has 0 amide bonds. The van der Waals surface area contributed by atoms with Crippen molar-refractivity contribution in [1.82, 2.24) is 0 Å². The van der Waals surface area contributed by atoms with Crippen LogP contribution in [0.3, 0.4) is 0 Å². The number of hydrogen-bond acceptors (Lipinski definition) is 5. The minimum absolute atomic E-state index is 0.0250. The fourth-order valence-corrected chi connectivity index (χ4v) is 1.60. The summed E-state index contributed by atoms with van der Waals surface area (Å²) in [6.07, 6.45) is -4.11. The van der Waals surface area contributed by atoms with Gasteiger partial charge in [-0.3, -0.25) is 4.79 Å². The van der Waals surface area contributed by atoms with Gasteiger partial charge in [0.15, 0.2) is 6.10 Å². The van der Waals surface area contributed by atoms with Crippen molar-refractivity contribution >= 4 is 11.9 Å². The van der Waals surface area contributed by atoms with Crippen molar-refractivity contribution in [3.63, 3.8) is 0 Å². The molecule has 0 radical (unpaired) electrons. The molecule has 0 aliphatic carbocycles. The van der Waals surface area contributed by atoms with Gasteiger partial charge in [-0.05, 0) is 23.3 Å². The van der Waals surface area contributed by atoms with Crippen molar-refractivity contribution in [2.75, 3.05) is 7.11 Å². The van der Waals surface area contributed by atoms with Crippen LogP contribution in [0.1, 0.15) is 17.2 Å². The smallest absolute Gasteiger partial charge is 0.337 e. The van der Waals surface area contributed by atoms with Gasteiger partial charge >= 0.3 is 11.9 Å². The molecule has 7 heteroatoms. The number of benzene rings is 1. The zero-order valence-electron chi connectivity index (χ0n) is 10.0. The van der Waals surface area contributed by atoms with E-state index in [4.69, 9.17) is 5.11 Å². The first-order chi connectivity index (χ1) is 8.86. The predicted molar refractivity (Wildman–Crippen MR) is 60.7 cm³/mol. The molecule has 0 heterocycles. The van der Waals surface area contributed by atoms with Gasteiger partial charge in [-0.15, -0.1) is 0 Å². The summed E-state index contributed by atoms with van der Waals surface area (Å²) in [6, 6.07) is 3.04. The van der Waals surface area contributed by atoms with Crippen molar-refractivity contribution in [3.05, 3.63) is 35.1 Å². The Labute approximate surface area is 108 Å². The van der Waals surface area contributed by atoms with Gasteiger partial charge in [-0.1, -0.05) is 6.07 Å². The molecule has 0 aromatic heterocycles. The summed E-state index contributed by atoms with van der Waals surface area (Å²) in [6.45, 7) is 0. The van der Waals surface area contributed by atoms with Crippen LogP contribution in [0.2, 0.25) is 0 Å². The fourth-order valence-electron chi connectivity index (χ4n) is 1.60. The molecule has 0 bridgehead atoms. The van der Waals surface area contributed by atoms with Crippen LogP contribution < -0.4 is 0 Å². The van der Waals surface area contributed by atoms with Crippen LogP contribution in [0.25, 0.3) is 0 Å². The highest BCUT2D eigenvalue weighted by atomic mass is 19.1. The summed E-state index contributed by atoms with van der Waals surface area (Å²) in [5.74, 6) is -2.98. The SMILES string of the molecule is COC(=O)C(O)C(O)c1ccc(F)cc1CC(=O)O. The summed E-state index contributed by atoms with van der Waals surface area (Å²) >= 11 is 0. The number of carboxylic acid groups (broad SMARTS) is 1. The van der Waals surface area contributed by atoms with E-state index in [-0.39, 0.29) is 11.1 Å². The summed E-state index contributed by atoms with van der Waals surface area (Å²) in [5, 5.41) is 28.0. The number of carbonyl (C=O) groups is 2. The molecule has 0 spiro atoms. The van der Waals surface area contributed by atoms with Crippen molar-refractivity contribution in [1.29, 1.82) is 0 Å². The Morgan fingerprint density at radius 1 is 1.37 bits per heavy atom. The van der Waals surface area contributed by atoms with E-state index in [9.17, 15) is 24.2 Å². The second-order valence-corrected chi connectivity index (χ2v) is 3.83. The molecule has 0 saturated heterocycles. The van der Waals surface area contributed by atoms with Gasteiger partial charge in [0.2, 0.25) is 0 Å². The number of methoxy groups -OCH3 is 1. The summed E-state index contributed by atoms with van der Waals surface area (Å²) in [4.78, 5) is 21.8. The van der Waals surface area contributed by atoms with Crippen molar-refractivity contribution in [2.24, 2.45) is 0 Å². The van der Waals surface area contributed by atoms with E-state index in [1.807, 2.05) is 0 Å². The molecule has 6 nitrogen and oxygen atoms in total. The molecule has 0 saturated carbocycles. The van der Waals surface area contributed by atoms with E-state index in [2.05, 4.69) is 4.74 Å². The van der Waals surface area contributed by atoms with Crippen molar-refractivity contribution in [3.8, 4) is 0 Å². The summed E-state index contributed by atoms with van der Waals surface area (Å²) in [5.41, 5.74) is -0.0651. The van der Waals surface area contributed by atoms with Gasteiger partial charge in [0.25, 0.3) is 0 Å². The third kappa shape index (κ3) is 3.73. The van der Waals surface area contributed by atoms with E-state index in [0.29, 0.717) is 0 Å². The average Bonchev–Trinajstić information content (AvgIpc) is 2.35. The molecular weight excluding hydrogens is 259 g/mol. The lowest BCUT2D eigenvalue weighted by Gasteiger charge is -2.18. The maximum absolute atomic E-state index is 13.1. The summed E-state index contributed by atoms with van der Waals surface area (Å²) < 4.78 is 17.3. The van der Waals surface area contributed by atoms with Gasteiger partial charge in [0.05, 0.1) is 13.5 Å². The van der Waals surface area contributed by atoms with Crippen LogP contribution in [0.5, 0.6) is 0 Å². The van der Waals surface area contributed by atoms with E-state index in [1.165, 1.54) is 0 Å². The minimum atomic E-state index is -1.87. The molecular formula is C12H13FO6. The maximum atomic E-state index is 13.1. The number of hydrogen-bond donors (Lipinski definition) is 3. The molecule has 1 aromatic carbocycles. The number of ether oxygens (including phenoxy) is 1. The molecule has 0 fully saturated rings. The van der Waals surface area contributed by atoms with Gasteiger partial charge < -0.3 is 20.1 Å². The zero-order valence-corrected chi connectivity index (χ0v) is 10.0. The number of esters is 1. The third-order valence-corrected chi connectivity index (χ3v) is 2.51. The largest absolute Gasteiger partial charge is 0.481 e. The van der Waals surface area contributed by atoms with E-state index < -0.39 is 36.4 Å². The lowest BCUT2D eigenvalue weighted by Crippen LogP contribution is -2.29. The molecule has 19 heavy (non-hydrogen) atoms. The van der Waals surface area contributed by atoms with Gasteiger partial charge in [-0.2, -0.15) is 0 Å². The third-order valence-electron chi connectivity index (χ3n) is 2.51. The fraction of sp³-hybridized carbons (Fsp3) is 0.333. The Morgan fingerprint density at radius 2 is 2.00 bits per heavy atom. The predicted octanol–water partition coefficient (Wildman–Crippen LogP) is 0.0201. The van der Waals surface area contributed by atoms with E-state index >= 15 is 0 Å². The number of aliphatic hydroxyl groups is 2. The first-order valence-corrected chi connectivity index (χ1v) is 5.31. The standard InChI is InChI=1S/C12H13FO6/c1-19-12(18)11(17)10(16)8-3-2-7(13)4-6(8)5-9(14)15/h2-4,10-11,16-17H,5H2,1H3,(H,14,15). The molecule has 0 aliphatic heterocycles. The number of aliphatic carboxylic acids is 1. The molecule has 2 unspecified atom stereocenters. The summed E-state index contributed by atoms with van der Waals surface area (Å²) in [7, 11) is 1.03. The number of carboxylic acids is 1. The monoisotopic (exact) mass is 272 g/mol. The number of carbonyl (C=O) groups excluding carboxylic acids is 1. The molecule has 104 valence electrons. The van der Waals surface area contributed by atoms with Gasteiger partial charge in [-0.25, -0.2) is 9.18 Å². The normalized spacial score (nSPS) is 13.7. The van der Waals surface area contributed by atoms with Crippen LogP contribution >= 0.6 is 0 Å². The first-order valence-electron chi connectivity index (χ1n) is 5.31. The molecule has 2 atom stereocenters. The minimum Gasteiger partial charge on any atom is -0.481 e. The molecule has 1 rings (SSSR count). The van der Waals surface area contributed by atoms with Gasteiger partial charge in [0, 0.05) is 0 Å². The Bertz CT molecular complexity index is 487. The van der Waals surface area contributed by atoms with Crippen LogP contribution in [-0.2, 0) is 20.7 Å². The maximum Gasteiger partial charge on any atom is 0.337 e. The van der Waals surface area contributed by atoms with Crippen LogP contribution in [0.4, 0.5) is 4.39 Å². The second kappa shape index (κ2) is 6.26. The molecule has 0 aliphatic rings. The van der Waals surface area contributed by atoms with Crippen molar-refractivity contribution < 1.29 is 34.0 Å². The highest BCUT2D eigenvalue weighted by molar-refractivity contribution is 5.76. The van der Waals surface area contributed by atoms with E-state index in [0.717, 1.165) is 25.3 Å². The zero-order chi connectivity index (χ0) is 14.6. The Balaban J connectivity index is 3.11. The second-order valence-electron chi connectivity index (χ2n) is 3.83. The Hall–Kier alpha value is -1.99. The molecule has 3 N–H and O–H groups in total. The average molecular weight is 272 g/mol. The highest BCUT2D eigenvalue weighted by Gasteiger charge is 2.28. The number of halogens is 1. The lowest BCUT2D eigenvalue weighted by molar-refractivity contribution is -0.156. The number of aliphatic hydroxyl groups excluding tert-OH is 2. The van der Waals surface area contributed by atoms with Gasteiger partial charge in [0.1, 0.15) is 11.9 Å². The van der Waals surface area contributed by atoms with Crippen LogP contribution in [-0.4, -0.2) is 40.5 Å². The Kier molecular flexibility index (Phi) is 4.96. The highest BCUT2D eigenvalue weighted by Crippen LogP contribution is 2.23.